The Hall–Kier alpha value is -2.58. The summed E-state index contributed by atoms with van der Waals surface area (Å²) >= 11 is 0. The Bertz CT molecular complexity index is 918. The number of pyridine rings is 1. The zero-order valence-corrected chi connectivity index (χ0v) is 17.7. The Balaban J connectivity index is 1.59. The second-order valence-corrected chi connectivity index (χ2v) is 8.43. The molecule has 1 fully saturated rings. The minimum absolute atomic E-state index is 0.0433. The van der Waals surface area contributed by atoms with Crippen molar-refractivity contribution in [3.8, 4) is 11.8 Å². The number of aryl methyl sites for hydroxylation is 2. The quantitative estimate of drug-likeness (QED) is 0.710. The first-order chi connectivity index (χ1) is 14.0. The molecule has 2 heterocycles. The third-order valence-electron chi connectivity index (χ3n) is 5.50. The maximum Gasteiger partial charge on any atom is 0.272 e. The first-order valence-electron chi connectivity index (χ1n) is 10.5. The molecule has 0 unspecified atom stereocenters. The van der Waals surface area contributed by atoms with E-state index in [0.717, 1.165) is 38.9 Å². The molecule has 5 heteroatoms. The summed E-state index contributed by atoms with van der Waals surface area (Å²) in [6.07, 6.45) is 4.50. The van der Waals surface area contributed by atoms with Crippen LogP contribution in [0.4, 0.5) is 0 Å². The zero-order chi connectivity index (χ0) is 20.8. The maximum atomic E-state index is 12.6. The monoisotopic (exact) mass is 393 g/mol. The smallest absolute Gasteiger partial charge is 0.272 e. The van der Waals surface area contributed by atoms with Gasteiger partial charge in [-0.25, -0.2) is 0 Å². The molecule has 0 amide bonds. The minimum atomic E-state index is -0.248. The van der Waals surface area contributed by atoms with Gasteiger partial charge >= 0.3 is 0 Å². The Morgan fingerprint density at radius 2 is 2.00 bits per heavy atom. The fourth-order valence-electron chi connectivity index (χ4n) is 3.77. The summed E-state index contributed by atoms with van der Waals surface area (Å²) in [5.41, 5.74) is 2.50. The van der Waals surface area contributed by atoms with Crippen molar-refractivity contribution in [1.82, 2.24) is 9.47 Å². The van der Waals surface area contributed by atoms with E-state index in [1.807, 2.05) is 0 Å². The lowest BCUT2D eigenvalue weighted by molar-refractivity contribution is 0.0963. The van der Waals surface area contributed by atoms with Gasteiger partial charge in [-0.05, 0) is 43.7 Å². The molecule has 0 saturated carbocycles. The molecule has 1 aromatic carbocycles. The summed E-state index contributed by atoms with van der Waals surface area (Å²) in [7, 11) is 0. The molecule has 0 aliphatic carbocycles. The van der Waals surface area contributed by atoms with Crippen molar-refractivity contribution >= 4 is 0 Å². The van der Waals surface area contributed by atoms with Crippen LogP contribution in [0.1, 0.15) is 49.8 Å². The largest absolute Gasteiger partial charge is 0.489 e. The molecule has 0 spiro atoms. The van der Waals surface area contributed by atoms with Crippen LogP contribution in [0.3, 0.4) is 0 Å². The fourth-order valence-corrected chi connectivity index (χ4v) is 3.77. The standard InChI is InChI=1S/C24H31N3O2/c1-18(2)7-13-27-14-10-23(22(16-25)24(27)28)29-21-8-11-26(12-9-21)17-20-6-4-5-19(3)15-20/h4-6,10,14-15,18,21H,7-9,11-13,17H2,1-3H3. The Morgan fingerprint density at radius 3 is 2.66 bits per heavy atom. The van der Waals surface area contributed by atoms with Crippen LogP contribution in [0.2, 0.25) is 0 Å². The molecule has 29 heavy (non-hydrogen) atoms. The number of benzene rings is 1. The number of ether oxygens (including phenoxy) is 1. The van der Waals surface area contributed by atoms with Gasteiger partial charge in [-0.15, -0.1) is 0 Å². The number of rotatable bonds is 7. The van der Waals surface area contributed by atoms with Crippen molar-refractivity contribution in [3.63, 3.8) is 0 Å². The Kier molecular flexibility index (Phi) is 7.11. The van der Waals surface area contributed by atoms with Crippen molar-refractivity contribution in [3.05, 3.63) is 63.6 Å². The number of likely N-dealkylation sites (tertiary alicyclic amines) is 1. The van der Waals surface area contributed by atoms with Gasteiger partial charge in [0.25, 0.3) is 5.56 Å². The summed E-state index contributed by atoms with van der Waals surface area (Å²) < 4.78 is 7.71. The predicted octanol–water partition coefficient (Wildman–Crippen LogP) is 4.12. The van der Waals surface area contributed by atoms with Gasteiger partial charge in [0.05, 0.1) is 0 Å². The van der Waals surface area contributed by atoms with Gasteiger partial charge in [-0.2, -0.15) is 5.26 Å². The molecule has 1 saturated heterocycles. The highest BCUT2D eigenvalue weighted by molar-refractivity contribution is 5.40. The van der Waals surface area contributed by atoms with E-state index in [1.165, 1.54) is 11.1 Å². The molecule has 3 rings (SSSR count). The molecule has 0 bridgehead atoms. The Morgan fingerprint density at radius 1 is 1.24 bits per heavy atom. The maximum absolute atomic E-state index is 12.6. The minimum Gasteiger partial charge on any atom is -0.489 e. The van der Waals surface area contributed by atoms with Crippen LogP contribution in [0.5, 0.6) is 5.75 Å². The second-order valence-electron chi connectivity index (χ2n) is 8.43. The molecular weight excluding hydrogens is 362 g/mol. The van der Waals surface area contributed by atoms with Crippen molar-refractivity contribution in [2.75, 3.05) is 13.1 Å². The predicted molar refractivity (Wildman–Crippen MR) is 115 cm³/mol. The van der Waals surface area contributed by atoms with Gasteiger partial charge in [-0.1, -0.05) is 43.7 Å². The third-order valence-corrected chi connectivity index (χ3v) is 5.50. The van der Waals surface area contributed by atoms with E-state index in [4.69, 9.17) is 4.74 Å². The summed E-state index contributed by atoms with van der Waals surface area (Å²) in [6.45, 7) is 9.84. The highest BCUT2D eigenvalue weighted by Gasteiger charge is 2.22. The van der Waals surface area contributed by atoms with Crippen molar-refractivity contribution < 1.29 is 4.74 Å². The second kappa shape index (κ2) is 9.76. The van der Waals surface area contributed by atoms with Gasteiger partial charge in [0, 0.05) is 32.4 Å². The van der Waals surface area contributed by atoms with E-state index < -0.39 is 0 Å². The molecule has 1 aliphatic heterocycles. The summed E-state index contributed by atoms with van der Waals surface area (Å²) in [6, 6.07) is 12.5. The van der Waals surface area contributed by atoms with Gasteiger partial charge in [0.2, 0.25) is 0 Å². The van der Waals surface area contributed by atoms with E-state index in [1.54, 1.807) is 16.8 Å². The number of nitriles is 1. The molecule has 5 nitrogen and oxygen atoms in total. The van der Waals surface area contributed by atoms with Crippen LogP contribution < -0.4 is 10.3 Å². The first-order valence-corrected chi connectivity index (χ1v) is 10.5. The van der Waals surface area contributed by atoms with Crippen LogP contribution in [0.15, 0.2) is 41.3 Å². The van der Waals surface area contributed by atoms with E-state index >= 15 is 0 Å². The van der Waals surface area contributed by atoms with E-state index in [9.17, 15) is 10.1 Å². The lowest BCUT2D eigenvalue weighted by atomic mass is 10.1. The lowest BCUT2D eigenvalue weighted by Gasteiger charge is -2.32. The number of hydrogen-bond acceptors (Lipinski definition) is 4. The topological polar surface area (TPSA) is 58.3 Å². The van der Waals surface area contributed by atoms with Gasteiger partial charge in [0.1, 0.15) is 17.9 Å². The number of piperidine rings is 1. The molecule has 2 aromatic rings. The van der Waals surface area contributed by atoms with Crippen molar-refractivity contribution in [2.24, 2.45) is 5.92 Å². The summed E-state index contributed by atoms with van der Waals surface area (Å²) in [5.74, 6) is 0.934. The highest BCUT2D eigenvalue weighted by atomic mass is 16.5. The van der Waals surface area contributed by atoms with Crippen LogP contribution in [-0.2, 0) is 13.1 Å². The lowest BCUT2D eigenvalue weighted by Crippen LogP contribution is -2.38. The van der Waals surface area contributed by atoms with Gasteiger partial charge in [-0.3, -0.25) is 9.69 Å². The fraction of sp³-hybridized carbons (Fsp3) is 0.500. The molecule has 154 valence electrons. The Labute approximate surface area is 173 Å². The van der Waals surface area contributed by atoms with E-state index in [-0.39, 0.29) is 17.2 Å². The molecular formula is C24H31N3O2. The number of aromatic nitrogens is 1. The first kappa shape index (κ1) is 21.1. The molecule has 0 atom stereocenters. The normalized spacial score (nSPS) is 15.4. The van der Waals surface area contributed by atoms with Crippen LogP contribution in [0.25, 0.3) is 0 Å². The molecule has 1 aliphatic rings. The van der Waals surface area contributed by atoms with Crippen LogP contribution in [0, 0.1) is 24.2 Å². The van der Waals surface area contributed by atoms with E-state index in [0.29, 0.717) is 18.2 Å². The average molecular weight is 394 g/mol. The van der Waals surface area contributed by atoms with E-state index in [2.05, 4.69) is 56.0 Å². The van der Waals surface area contributed by atoms with Gasteiger partial charge < -0.3 is 9.30 Å². The molecule has 0 N–H and O–H groups in total. The SMILES string of the molecule is Cc1cccc(CN2CCC(Oc3ccn(CCC(C)C)c(=O)c3C#N)CC2)c1. The molecule has 1 aromatic heterocycles. The zero-order valence-electron chi connectivity index (χ0n) is 17.7. The number of nitrogens with zero attached hydrogens (tertiary/aromatic N) is 3. The summed E-state index contributed by atoms with van der Waals surface area (Å²) in [4.78, 5) is 15.0. The van der Waals surface area contributed by atoms with Crippen molar-refractivity contribution in [1.29, 1.82) is 5.26 Å². The van der Waals surface area contributed by atoms with Crippen molar-refractivity contribution in [2.45, 2.75) is 59.2 Å². The highest BCUT2D eigenvalue weighted by Crippen LogP contribution is 2.22. The van der Waals surface area contributed by atoms with Crippen LogP contribution in [-0.4, -0.2) is 28.7 Å². The summed E-state index contributed by atoms with van der Waals surface area (Å²) in [5, 5.41) is 9.51. The van der Waals surface area contributed by atoms with Gasteiger partial charge in [0.15, 0.2) is 5.56 Å². The number of hydrogen-bond donors (Lipinski definition) is 0. The third kappa shape index (κ3) is 5.71. The average Bonchev–Trinajstić information content (AvgIpc) is 2.69. The molecule has 0 radical (unpaired) electrons. The van der Waals surface area contributed by atoms with Crippen LogP contribution >= 0.6 is 0 Å².